The lowest BCUT2D eigenvalue weighted by Gasteiger charge is -2.08. The van der Waals surface area contributed by atoms with E-state index in [-0.39, 0.29) is 17.3 Å². The second-order valence-electron chi connectivity index (χ2n) is 4.48. The molecule has 0 aromatic carbocycles. The van der Waals surface area contributed by atoms with E-state index in [1.807, 2.05) is 13.8 Å². The summed E-state index contributed by atoms with van der Waals surface area (Å²) in [5.74, 6) is 0.270. The zero-order valence-electron chi connectivity index (χ0n) is 12.3. The van der Waals surface area contributed by atoms with Gasteiger partial charge in [-0.25, -0.2) is 18.1 Å². The van der Waals surface area contributed by atoms with E-state index < -0.39 is 10.0 Å². The van der Waals surface area contributed by atoms with Crippen LogP contribution in [0.1, 0.15) is 26.7 Å². The number of amides is 1. The zero-order valence-corrected chi connectivity index (χ0v) is 13.2. The molecule has 0 saturated heterocycles. The van der Waals surface area contributed by atoms with E-state index in [0.717, 1.165) is 19.4 Å². The van der Waals surface area contributed by atoms with Crippen molar-refractivity contribution in [3.63, 3.8) is 0 Å². The number of sulfonamides is 1. The molecule has 1 aromatic heterocycles. The number of nitrogens with one attached hydrogen (secondary N) is 3. The van der Waals surface area contributed by atoms with Crippen molar-refractivity contribution in [1.82, 2.24) is 15.0 Å². The Morgan fingerprint density at radius 3 is 2.48 bits per heavy atom. The van der Waals surface area contributed by atoms with Gasteiger partial charge in [-0.05, 0) is 25.0 Å². The number of rotatable bonds is 9. The van der Waals surface area contributed by atoms with E-state index >= 15 is 0 Å². The van der Waals surface area contributed by atoms with Gasteiger partial charge in [0.1, 0.15) is 10.7 Å². The quantitative estimate of drug-likeness (QED) is 0.623. The molecule has 0 unspecified atom stereocenters. The molecule has 1 aromatic rings. The van der Waals surface area contributed by atoms with Gasteiger partial charge in [-0.3, -0.25) is 4.79 Å². The number of hydrogen-bond acceptors (Lipinski definition) is 5. The Kier molecular flexibility index (Phi) is 7.10. The van der Waals surface area contributed by atoms with Gasteiger partial charge in [-0.15, -0.1) is 0 Å². The third kappa shape index (κ3) is 6.09. The second kappa shape index (κ2) is 8.58. The SMILES string of the molecule is CCCNC(=O)CNS(=O)(=O)c1ccc(NCCC)nc1. The number of nitrogens with zero attached hydrogens (tertiary/aromatic N) is 1. The van der Waals surface area contributed by atoms with Crippen LogP contribution in [0.25, 0.3) is 0 Å². The van der Waals surface area contributed by atoms with Crippen molar-refractivity contribution in [2.24, 2.45) is 0 Å². The van der Waals surface area contributed by atoms with Crippen molar-refractivity contribution in [1.29, 1.82) is 0 Å². The first-order valence-electron chi connectivity index (χ1n) is 6.96. The maximum atomic E-state index is 12.0. The Balaban J connectivity index is 2.59. The number of aromatic nitrogens is 1. The molecule has 8 heteroatoms. The number of anilines is 1. The molecule has 118 valence electrons. The van der Waals surface area contributed by atoms with E-state index in [9.17, 15) is 13.2 Å². The number of pyridine rings is 1. The van der Waals surface area contributed by atoms with Gasteiger partial charge in [0.25, 0.3) is 0 Å². The summed E-state index contributed by atoms with van der Waals surface area (Å²) < 4.78 is 26.2. The molecule has 1 heterocycles. The summed E-state index contributed by atoms with van der Waals surface area (Å²) >= 11 is 0. The molecule has 0 atom stereocenters. The smallest absolute Gasteiger partial charge is 0.242 e. The fourth-order valence-corrected chi connectivity index (χ4v) is 2.39. The van der Waals surface area contributed by atoms with Crippen molar-refractivity contribution >= 4 is 21.7 Å². The van der Waals surface area contributed by atoms with Gasteiger partial charge in [0.2, 0.25) is 15.9 Å². The highest BCUT2D eigenvalue weighted by Crippen LogP contribution is 2.10. The minimum absolute atomic E-state index is 0.0350. The van der Waals surface area contributed by atoms with Crippen molar-refractivity contribution in [2.75, 3.05) is 25.0 Å². The van der Waals surface area contributed by atoms with Gasteiger partial charge in [-0.1, -0.05) is 13.8 Å². The standard InChI is InChI=1S/C13H22N4O3S/c1-3-7-14-12-6-5-11(9-16-12)21(19,20)17-10-13(18)15-8-4-2/h5-6,9,17H,3-4,7-8,10H2,1-2H3,(H,14,16)(H,15,18). The number of carbonyl (C=O) groups excluding carboxylic acids is 1. The monoisotopic (exact) mass is 314 g/mol. The lowest BCUT2D eigenvalue weighted by Crippen LogP contribution is -2.37. The summed E-state index contributed by atoms with van der Waals surface area (Å²) in [5, 5.41) is 5.65. The Morgan fingerprint density at radius 1 is 1.19 bits per heavy atom. The van der Waals surface area contributed by atoms with Crippen LogP contribution >= 0.6 is 0 Å². The molecule has 0 saturated carbocycles. The molecule has 7 nitrogen and oxygen atoms in total. The Labute approximate surface area is 125 Å². The minimum Gasteiger partial charge on any atom is -0.370 e. The molecular weight excluding hydrogens is 292 g/mol. The van der Waals surface area contributed by atoms with Crippen LogP contribution in [-0.4, -0.2) is 38.9 Å². The maximum absolute atomic E-state index is 12.0. The number of carbonyl (C=O) groups is 1. The van der Waals surface area contributed by atoms with Crippen LogP contribution in [0.2, 0.25) is 0 Å². The van der Waals surface area contributed by atoms with Crippen LogP contribution in [0, 0.1) is 0 Å². The van der Waals surface area contributed by atoms with E-state index in [0.29, 0.717) is 12.4 Å². The van der Waals surface area contributed by atoms with Gasteiger partial charge >= 0.3 is 0 Å². The maximum Gasteiger partial charge on any atom is 0.242 e. The molecule has 0 bridgehead atoms. The minimum atomic E-state index is -3.72. The molecule has 1 rings (SSSR count). The summed E-state index contributed by atoms with van der Waals surface area (Å²) in [6.45, 7) is 4.97. The predicted molar refractivity (Wildman–Crippen MR) is 81.5 cm³/mol. The lowest BCUT2D eigenvalue weighted by atomic mass is 10.4. The average Bonchev–Trinajstić information content (AvgIpc) is 2.49. The Hall–Kier alpha value is -1.67. The van der Waals surface area contributed by atoms with E-state index in [2.05, 4.69) is 20.3 Å². The molecule has 0 spiro atoms. The van der Waals surface area contributed by atoms with Crippen molar-refractivity contribution in [3.8, 4) is 0 Å². The lowest BCUT2D eigenvalue weighted by molar-refractivity contribution is -0.119. The first-order valence-corrected chi connectivity index (χ1v) is 8.44. The van der Waals surface area contributed by atoms with Crippen LogP contribution in [0.3, 0.4) is 0 Å². The predicted octanol–water partition coefficient (Wildman–Crippen LogP) is 0.708. The average molecular weight is 314 g/mol. The van der Waals surface area contributed by atoms with Crippen LogP contribution in [-0.2, 0) is 14.8 Å². The topological polar surface area (TPSA) is 100 Å². The second-order valence-corrected chi connectivity index (χ2v) is 6.25. The molecule has 0 aliphatic rings. The Morgan fingerprint density at radius 2 is 1.90 bits per heavy atom. The van der Waals surface area contributed by atoms with Crippen molar-refractivity contribution in [3.05, 3.63) is 18.3 Å². The van der Waals surface area contributed by atoms with Gasteiger partial charge in [0.15, 0.2) is 0 Å². The largest absolute Gasteiger partial charge is 0.370 e. The highest BCUT2D eigenvalue weighted by atomic mass is 32.2. The van der Waals surface area contributed by atoms with Gasteiger partial charge in [0, 0.05) is 19.3 Å². The third-order valence-electron chi connectivity index (χ3n) is 2.60. The van der Waals surface area contributed by atoms with Crippen LogP contribution in [0.4, 0.5) is 5.82 Å². The molecule has 21 heavy (non-hydrogen) atoms. The highest BCUT2D eigenvalue weighted by Gasteiger charge is 2.15. The first-order chi connectivity index (χ1) is 9.99. The summed E-state index contributed by atoms with van der Waals surface area (Å²) in [5.41, 5.74) is 0. The molecule has 1 amide bonds. The molecule has 0 radical (unpaired) electrons. The zero-order chi connectivity index (χ0) is 15.7. The summed E-state index contributed by atoms with van der Waals surface area (Å²) in [7, 11) is -3.72. The highest BCUT2D eigenvalue weighted by molar-refractivity contribution is 7.89. The third-order valence-corrected chi connectivity index (χ3v) is 3.98. The summed E-state index contributed by atoms with van der Waals surface area (Å²) in [6.07, 6.45) is 3.02. The molecule has 0 aliphatic carbocycles. The van der Waals surface area contributed by atoms with Crippen LogP contribution < -0.4 is 15.4 Å². The fourth-order valence-electron chi connectivity index (χ4n) is 1.47. The van der Waals surface area contributed by atoms with Crippen LogP contribution in [0.15, 0.2) is 23.2 Å². The van der Waals surface area contributed by atoms with Crippen molar-refractivity contribution in [2.45, 2.75) is 31.6 Å². The van der Waals surface area contributed by atoms with Gasteiger partial charge < -0.3 is 10.6 Å². The number of hydrogen-bond donors (Lipinski definition) is 3. The molecule has 0 fully saturated rings. The van der Waals surface area contributed by atoms with Crippen LogP contribution in [0.5, 0.6) is 0 Å². The van der Waals surface area contributed by atoms with Gasteiger partial charge in [0.05, 0.1) is 6.54 Å². The van der Waals surface area contributed by atoms with E-state index in [1.54, 1.807) is 6.07 Å². The summed E-state index contributed by atoms with van der Waals surface area (Å²) in [4.78, 5) is 15.5. The fraction of sp³-hybridized carbons (Fsp3) is 0.538. The normalized spacial score (nSPS) is 11.1. The Bertz CT molecular complexity index is 543. The molecule has 3 N–H and O–H groups in total. The van der Waals surface area contributed by atoms with E-state index in [4.69, 9.17) is 0 Å². The summed E-state index contributed by atoms with van der Waals surface area (Å²) in [6, 6.07) is 3.05. The van der Waals surface area contributed by atoms with Crippen molar-refractivity contribution < 1.29 is 13.2 Å². The van der Waals surface area contributed by atoms with E-state index in [1.165, 1.54) is 12.3 Å². The van der Waals surface area contributed by atoms with Gasteiger partial charge in [-0.2, -0.15) is 0 Å². The molecule has 0 aliphatic heterocycles. The first kappa shape index (κ1) is 17.4. The molecular formula is C13H22N4O3S.